The van der Waals surface area contributed by atoms with Crippen molar-refractivity contribution in [3.05, 3.63) is 35.6 Å². The lowest BCUT2D eigenvalue weighted by atomic mass is 9.86. The van der Waals surface area contributed by atoms with Crippen molar-refractivity contribution in [3.8, 4) is 0 Å². The first-order chi connectivity index (χ1) is 9.63. The summed E-state index contributed by atoms with van der Waals surface area (Å²) in [6, 6.07) is 0. The zero-order valence-electron chi connectivity index (χ0n) is 11.4. The molecule has 1 aliphatic heterocycles. The molecule has 2 amide bonds. The zero-order valence-corrected chi connectivity index (χ0v) is 12.1. The van der Waals surface area contributed by atoms with Gasteiger partial charge in [0.25, 0.3) is 0 Å². The van der Waals surface area contributed by atoms with Crippen molar-refractivity contribution < 1.29 is 9.59 Å². The zero-order chi connectivity index (χ0) is 14.5. The lowest BCUT2D eigenvalue weighted by molar-refractivity contribution is -0.118. The molecule has 1 heterocycles. The number of fused-ring (bicyclic) bond motifs is 1. The third kappa shape index (κ3) is 3.45. The number of hydrogen-bond acceptors (Lipinski definition) is 2. The maximum absolute atomic E-state index is 11.6. The van der Waals surface area contributed by atoms with Gasteiger partial charge in [0.15, 0.2) is 0 Å². The van der Waals surface area contributed by atoms with E-state index >= 15 is 0 Å². The summed E-state index contributed by atoms with van der Waals surface area (Å²) in [4.78, 5) is 27.2. The van der Waals surface area contributed by atoms with Crippen LogP contribution in [-0.4, -0.2) is 23.4 Å². The lowest BCUT2D eigenvalue weighted by Crippen LogP contribution is -2.33. The molecular formula is C15H17ClN2O2. The van der Waals surface area contributed by atoms with E-state index in [1.54, 1.807) is 12.2 Å². The SMILES string of the molecule is CCC1=CC(=O)NC2=CC(=NC(=O)CCCCl)C=CC12. The number of halogens is 1. The molecule has 1 aliphatic carbocycles. The molecular weight excluding hydrogens is 276 g/mol. The van der Waals surface area contributed by atoms with Crippen LogP contribution in [0.5, 0.6) is 0 Å². The molecule has 0 aromatic carbocycles. The van der Waals surface area contributed by atoms with Crippen LogP contribution in [0.1, 0.15) is 26.2 Å². The topological polar surface area (TPSA) is 58.5 Å². The lowest BCUT2D eigenvalue weighted by Gasteiger charge is -2.26. The first kappa shape index (κ1) is 14.7. The molecule has 0 saturated carbocycles. The van der Waals surface area contributed by atoms with Crippen LogP contribution in [0.15, 0.2) is 40.6 Å². The van der Waals surface area contributed by atoms with Gasteiger partial charge in [-0.15, -0.1) is 11.6 Å². The second-order valence-corrected chi connectivity index (χ2v) is 5.10. The molecule has 2 rings (SSSR count). The van der Waals surface area contributed by atoms with E-state index in [2.05, 4.69) is 10.3 Å². The first-order valence-corrected chi connectivity index (χ1v) is 7.26. The summed E-state index contributed by atoms with van der Waals surface area (Å²) < 4.78 is 0. The summed E-state index contributed by atoms with van der Waals surface area (Å²) in [5, 5.41) is 2.81. The Balaban J connectivity index is 2.16. The highest BCUT2D eigenvalue weighted by atomic mass is 35.5. The summed E-state index contributed by atoms with van der Waals surface area (Å²) in [6.07, 6.45) is 9.00. The van der Waals surface area contributed by atoms with Crippen molar-refractivity contribution in [3.63, 3.8) is 0 Å². The average molecular weight is 293 g/mol. The molecule has 1 unspecified atom stereocenters. The maximum Gasteiger partial charge on any atom is 0.248 e. The van der Waals surface area contributed by atoms with Crippen LogP contribution >= 0.6 is 11.6 Å². The molecule has 0 bridgehead atoms. The normalized spacial score (nSPS) is 23.0. The molecule has 0 aromatic rings. The monoisotopic (exact) mass is 292 g/mol. The minimum Gasteiger partial charge on any atom is -0.325 e. The maximum atomic E-state index is 11.6. The molecule has 1 N–H and O–H groups in total. The predicted molar refractivity (Wildman–Crippen MR) is 79.6 cm³/mol. The Kier molecular flexibility index (Phi) is 4.90. The molecule has 2 aliphatic rings. The number of carbonyl (C=O) groups is 2. The summed E-state index contributed by atoms with van der Waals surface area (Å²) in [7, 11) is 0. The highest BCUT2D eigenvalue weighted by Crippen LogP contribution is 2.28. The quantitative estimate of drug-likeness (QED) is 0.809. The van der Waals surface area contributed by atoms with E-state index < -0.39 is 0 Å². The second-order valence-electron chi connectivity index (χ2n) is 4.72. The number of nitrogens with one attached hydrogen (secondary N) is 1. The van der Waals surface area contributed by atoms with E-state index in [9.17, 15) is 9.59 Å². The summed E-state index contributed by atoms with van der Waals surface area (Å²) >= 11 is 5.55. The Bertz CT molecular complexity index is 544. The van der Waals surface area contributed by atoms with Gasteiger partial charge in [0, 0.05) is 30.0 Å². The van der Waals surface area contributed by atoms with Gasteiger partial charge in [0.1, 0.15) is 0 Å². The van der Waals surface area contributed by atoms with Crippen LogP contribution in [0, 0.1) is 5.92 Å². The standard InChI is InChI=1S/C15H17ClN2O2/c1-2-10-8-15(20)18-13-9-11(5-6-12(10)13)17-14(19)4-3-7-16/h5-6,8-9,12H,2-4,7H2,1H3,(H,18,20). The number of hydrogen-bond donors (Lipinski definition) is 1. The number of aliphatic imine (C=N–C) groups is 1. The Labute approximate surface area is 123 Å². The fourth-order valence-electron chi connectivity index (χ4n) is 2.28. The van der Waals surface area contributed by atoms with Gasteiger partial charge in [-0.3, -0.25) is 9.59 Å². The third-order valence-corrected chi connectivity index (χ3v) is 3.53. The average Bonchev–Trinajstić information content (AvgIpc) is 2.43. The van der Waals surface area contributed by atoms with Crippen LogP contribution in [0.3, 0.4) is 0 Å². The first-order valence-electron chi connectivity index (χ1n) is 6.72. The van der Waals surface area contributed by atoms with Gasteiger partial charge in [0.2, 0.25) is 11.8 Å². The molecule has 0 aromatic heterocycles. The Morgan fingerprint density at radius 3 is 2.95 bits per heavy atom. The van der Waals surface area contributed by atoms with Crippen molar-refractivity contribution in [2.24, 2.45) is 10.9 Å². The Morgan fingerprint density at radius 2 is 2.25 bits per heavy atom. The summed E-state index contributed by atoms with van der Waals surface area (Å²) in [5.41, 5.74) is 2.44. The molecule has 20 heavy (non-hydrogen) atoms. The van der Waals surface area contributed by atoms with Crippen LogP contribution in [0.2, 0.25) is 0 Å². The fourth-order valence-corrected chi connectivity index (χ4v) is 2.41. The van der Waals surface area contributed by atoms with Gasteiger partial charge in [-0.1, -0.05) is 18.6 Å². The molecule has 0 radical (unpaired) electrons. The van der Waals surface area contributed by atoms with E-state index in [-0.39, 0.29) is 17.7 Å². The number of alkyl halides is 1. The van der Waals surface area contributed by atoms with Crippen molar-refractivity contribution >= 4 is 29.1 Å². The van der Waals surface area contributed by atoms with Crippen LogP contribution in [0.4, 0.5) is 0 Å². The van der Waals surface area contributed by atoms with Gasteiger partial charge in [-0.25, -0.2) is 4.99 Å². The van der Waals surface area contributed by atoms with Crippen molar-refractivity contribution in [1.82, 2.24) is 5.32 Å². The van der Waals surface area contributed by atoms with Crippen LogP contribution < -0.4 is 5.32 Å². The van der Waals surface area contributed by atoms with Gasteiger partial charge in [-0.05, 0) is 25.0 Å². The second kappa shape index (κ2) is 6.66. The van der Waals surface area contributed by atoms with Crippen LogP contribution in [-0.2, 0) is 9.59 Å². The van der Waals surface area contributed by atoms with Crippen molar-refractivity contribution in [1.29, 1.82) is 0 Å². The smallest absolute Gasteiger partial charge is 0.248 e. The van der Waals surface area contributed by atoms with E-state index in [1.807, 2.05) is 19.1 Å². The number of nitrogens with zero attached hydrogens (tertiary/aromatic N) is 1. The minimum absolute atomic E-state index is 0.0922. The van der Waals surface area contributed by atoms with E-state index in [0.29, 0.717) is 24.4 Å². The molecule has 1 atom stereocenters. The molecule has 0 fully saturated rings. The minimum atomic E-state index is -0.186. The van der Waals surface area contributed by atoms with E-state index in [0.717, 1.165) is 17.7 Å². The van der Waals surface area contributed by atoms with Gasteiger partial charge >= 0.3 is 0 Å². The van der Waals surface area contributed by atoms with Gasteiger partial charge < -0.3 is 5.32 Å². The van der Waals surface area contributed by atoms with Crippen molar-refractivity contribution in [2.45, 2.75) is 26.2 Å². The van der Waals surface area contributed by atoms with E-state index in [4.69, 9.17) is 11.6 Å². The number of allylic oxidation sites excluding steroid dienone is 3. The summed E-state index contributed by atoms with van der Waals surface area (Å²) in [5.74, 6) is 0.243. The molecule has 5 heteroatoms. The molecule has 4 nitrogen and oxygen atoms in total. The molecule has 106 valence electrons. The Hall–Kier alpha value is -1.68. The summed E-state index contributed by atoms with van der Waals surface area (Å²) in [6.45, 7) is 2.02. The largest absolute Gasteiger partial charge is 0.325 e. The predicted octanol–water partition coefficient (Wildman–Crippen LogP) is 2.51. The fraction of sp³-hybridized carbons (Fsp3) is 0.400. The number of amides is 2. The Morgan fingerprint density at radius 1 is 1.45 bits per heavy atom. The van der Waals surface area contributed by atoms with E-state index in [1.165, 1.54) is 0 Å². The highest BCUT2D eigenvalue weighted by Gasteiger charge is 2.25. The van der Waals surface area contributed by atoms with Crippen molar-refractivity contribution in [2.75, 3.05) is 5.88 Å². The number of rotatable bonds is 4. The molecule has 0 saturated heterocycles. The molecule has 0 spiro atoms. The third-order valence-electron chi connectivity index (χ3n) is 3.27. The van der Waals surface area contributed by atoms with Gasteiger partial charge in [0.05, 0.1) is 5.71 Å². The van der Waals surface area contributed by atoms with Gasteiger partial charge in [-0.2, -0.15) is 0 Å². The van der Waals surface area contributed by atoms with Crippen LogP contribution in [0.25, 0.3) is 0 Å². The number of carbonyl (C=O) groups excluding carboxylic acids is 2. The highest BCUT2D eigenvalue weighted by molar-refractivity contribution is 6.18.